The molecule has 1 aromatic rings. The van der Waals surface area contributed by atoms with Crippen LogP contribution in [0.4, 0.5) is 0 Å². The number of nitrogens with zero attached hydrogens (tertiary/aromatic N) is 2. The number of likely N-dealkylation sites (N-methyl/N-ethyl adjacent to an activating group) is 1. The topological polar surface area (TPSA) is 36.4 Å². The first-order chi connectivity index (χ1) is 7.36. The van der Waals surface area contributed by atoms with Crippen LogP contribution >= 0.6 is 23.2 Å². The summed E-state index contributed by atoms with van der Waals surface area (Å²) in [5.41, 5.74) is 0.408. The second-order valence-electron chi connectivity index (χ2n) is 4.39. The van der Waals surface area contributed by atoms with Gasteiger partial charge in [0.05, 0.1) is 17.3 Å². The summed E-state index contributed by atoms with van der Waals surface area (Å²) in [7, 11) is 1.91. The van der Waals surface area contributed by atoms with Crippen molar-refractivity contribution in [3.05, 3.63) is 28.0 Å². The fraction of sp³-hybridized carbons (Fsp3) is 0.545. The first kappa shape index (κ1) is 13.7. The molecule has 0 aromatic carbocycles. The second kappa shape index (κ2) is 5.32. The monoisotopic (exact) mass is 262 g/mol. The van der Waals surface area contributed by atoms with Crippen LogP contribution in [0.2, 0.25) is 10.2 Å². The maximum atomic E-state index is 9.25. The van der Waals surface area contributed by atoms with Crippen molar-refractivity contribution >= 4 is 23.2 Å². The summed E-state index contributed by atoms with van der Waals surface area (Å²) < 4.78 is 0. The Kier molecular flexibility index (Phi) is 4.56. The molecule has 1 rings (SSSR count). The zero-order valence-electron chi connectivity index (χ0n) is 9.67. The first-order valence-corrected chi connectivity index (χ1v) is 5.75. The molecule has 0 unspecified atom stereocenters. The van der Waals surface area contributed by atoms with Gasteiger partial charge in [-0.3, -0.25) is 4.90 Å². The fourth-order valence-electron chi connectivity index (χ4n) is 1.13. The Labute approximate surface area is 106 Å². The lowest BCUT2D eigenvalue weighted by Crippen LogP contribution is -2.43. The maximum Gasteiger partial charge on any atom is 0.129 e. The van der Waals surface area contributed by atoms with Crippen LogP contribution in [-0.2, 0) is 6.54 Å². The largest absolute Gasteiger partial charge is 0.394 e. The van der Waals surface area contributed by atoms with Crippen molar-refractivity contribution in [1.29, 1.82) is 0 Å². The van der Waals surface area contributed by atoms with Crippen molar-refractivity contribution in [1.82, 2.24) is 9.88 Å². The van der Waals surface area contributed by atoms with Crippen molar-refractivity contribution in [3.8, 4) is 0 Å². The predicted octanol–water partition coefficient (Wildman–Crippen LogP) is 2.59. The normalized spacial score (nSPS) is 12.2. The average molecular weight is 263 g/mol. The van der Waals surface area contributed by atoms with Gasteiger partial charge in [-0.25, -0.2) is 4.98 Å². The third kappa shape index (κ3) is 3.32. The highest BCUT2D eigenvalue weighted by atomic mass is 35.5. The molecule has 0 radical (unpaired) electrons. The third-order valence-corrected chi connectivity index (χ3v) is 3.25. The average Bonchev–Trinajstić information content (AvgIpc) is 2.23. The number of aromatic nitrogens is 1. The molecule has 0 aliphatic heterocycles. The highest BCUT2D eigenvalue weighted by Crippen LogP contribution is 2.21. The van der Waals surface area contributed by atoms with Gasteiger partial charge in [0, 0.05) is 12.1 Å². The number of pyridine rings is 1. The molecule has 3 nitrogen and oxygen atoms in total. The van der Waals surface area contributed by atoms with Crippen LogP contribution in [-0.4, -0.2) is 34.2 Å². The lowest BCUT2D eigenvalue weighted by molar-refractivity contribution is 0.0725. The molecule has 0 spiro atoms. The number of halogens is 2. The van der Waals surface area contributed by atoms with Gasteiger partial charge in [0.1, 0.15) is 5.15 Å². The number of aliphatic hydroxyl groups excluding tert-OH is 1. The minimum Gasteiger partial charge on any atom is -0.394 e. The molecule has 0 saturated heterocycles. The van der Waals surface area contributed by atoms with E-state index in [1.54, 1.807) is 12.1 Å². The lowest BCUT2D eigenvalue weighted by Gasteiger charge is -2.33. The van der Waals surface area contributed by atoms with Crippen LogP contribution in [0, 0.1) is 0 Å². The number of aliphatic hydroxyl groups is 1. The molecule has 1 aromatic heterocycles. The highest BCUT2D eigenvalue weighted by molar-refractivity contribution is 6.32. The molecule has 0 amide bonds. The van der Waals surface area contributed by atoms with Crippen molar-refractivity contribution in [2.75, 3.05) is 13.7 Å². The van der Waals surface area contributed by atoms with E-state index in [0.29, 0.717) is 16.7 Å². The highest BCUT2D eigenvalue weighted by Gasteiger charge is 2.23. The van der Waals surface area contributed by atoms with E-state index in [4.69, 9.17) is 23.2 Å². The van der Waals surface area contributed by atoms with Gasteiger partial charge in [-0.2, -0.15) is 0 Å². The Morgan fingerprint density at radius 2 is 2.00 bits per heavy atom. The molecular formula is C11H16Cl2N2O. The minimum absolute atomic E-state index is 0.0711. The summed E-state index contributed by atoms with van der Waals surface area (Å²) in [6, 6.07) is 3.39. The zero-order valence-corrected chi connectivity index (χ0v) is 11.2. The van der Waals surface area contributed by atoms with Gasteiger partial charge in [-0.05, 0) is 33.0 Å². The van der Waals surface area contributed by atoms with Gasteiger partial charge in [0.2, 0.25) is 0 Å². The Hall–Kier alpha value is -0.350. The Morgan fingerprint density at radius 3 is 2.56 bits per heavy atom. The van der Waals surface area contributed by atoms with Gasteiger partial charge < -0.3 is 5.11 Å². The summed E-state index contributed by atoms with van der Waals surface area (Å²) in [5, 5.41) is 10.3. The van der Waals surface area contributed by atoms with Crippen LogP contribution < -0.4 is 0 Å². The quantitative estimate of drug-likeness (QED) is 0.848. The fourth-order valence-corrected chi connectivity index (χ4v) is 1.46. The van der Waals surface area contributed by atoms with Gasteiger partial charge in [0.15, 0.2) is 0 Å². The van der Waals surface area contributed by atoms with Crippen molar-refractivity contribution in [2.24, 2.45) is 0 Å². The second-order valence-corrected chi connectivity index (χ2v) is 5.18. The van der Waals surface area contributed by atoms with Gasteiger partial charge in [-0.15, -0.1) is 0 Å². The van der Waals surface area contributed by atoms with Gasteiger partial charge >= 0.3 is 0 Å². The lowest BCUT2D eigenvalue weighted by atomic mass is 10.1. The van der Waals surface area contributed by atoms with Crippen LogP contribution in [0.3, 0.4) is 0 Å². The molecule has 0 saturated carbocycles. The summed E-state index contributed by atoms with van der Waals surface area (Å²) in [4.78, 5) is 6.15. The first-order valence-electron chi connectivity index (χ1n) is 5.00. The molecule has 16 heavy (non-hydrogen) atoms. The molecule has 0 fully saturated rings. The molecular weight excluding hydrogens is 247 g/mol. The summed E-state index contributed by atoms with van der Waals surface area (Å²) in [5.74, 6) is 0. The standard InChI is InChI=1S/C11H16Cl2N2O/c1-11(2,7-16)15(3)6-9-8(12)4-5-10(13)14-9/h4-5,16H,6-7H2,1-3H3. The third-order valence-electron chi connectivity index (χ3n) is 2.69. The van der Waals surface area contributed by atoms with Crippen molar-refractivity contribution in [2.45, 2.75) is 25.9 Å². The Balaban J connectivity index is 2.84. The molecule has 0 bridgehead atoms. The van der Waals surface area contributed by atoms with Gasteiger partial charge in [-0.1, -0.05) is 23.2 Å². The van der Waals surface area contributed by atoms with E-state index in [-0.39, 0.29) is 12.1 Å². The summed E-state index contributed by atoms with van der Waals surface area (Å²) >= 11 is 11.8. The summed E-state index contributed by atoms with van der Waals surface area (Å²) in [6.45, 7) is 4.52. The SMILES string of the molecule is CN(Cc1nc(Cl)ccc1Cl)C(C)(C)CO. The minimum atomic E-state index is -0.312. The molecule has 1 heterocycles. The zero-order chi connectivity index (χ0) is 12.3. The van der Waals surface area contributed by atoms with Crippen LogP contribution in [0.25, 0.3) is 0 Å². The molecule has 90 valence electrons. The molecule has 0 aliphatic rings. The molecule has 5 heteroatoms. The molecule has 0 aliphatic carbocycles. The van der Waals surface area contributed by atoms with E-state index in [1.165, 1.54) is 0 Å². The smallest absolute Gasteiger partial charge is 0.129 e. The van der Waals surface area contributed by atoms with Gasteiger partial charge in [0.25, 0.3) is 0 Å². The summed E-state index contributed by atoms with van der Waals surface area (Å²) in [6.07, 6.45) is 0. The number of hydrogen-bond donors (Lipinski definition) is 1. The van der Waals surface area contributed by atoms with Crippen molar-refractivity contribution < 1.29 is 5.11 Å². The van der Waals surface area contributed by atoms with E-state index < -0.39 is 0 Å². The maximum absolute atomic E-state index is 9.25. The van der Waals surface area contributed by atoms with Crippen LogP contribution in [0.15, 0.2) is 12.1 Å². The van der Waals surface area contributed by atoms with Crippen LogP contribution in [0.5, 0.6) is 0 Å². The van der Waals surface area contributed by atoms with E-state index in [1.807, 2.05) is 25.8 Å². The Morgan fingerprint density at radius 1 is 1.38 bits per heavy atom. The number of rotatable bonds is 4. The molecule has 0 atom stereocenters. The van der Waals surface area contributed by atoms with E-state index >= 15 is 0 Å². The van der Waals surface area contributed by atoms with E-state index in [9.17, 15) is 5.11 Å². The van der Waals surface area contributed by atoms with E-state index in [2.05, 4.69) is 4.98 Å². The molecule has 1 N–H and O–H groups in total. The van der Waals surface area contributed by atoms with Crippen LogP contribution in [0.1, 0.15) is 19.5 Å². The predicted molar refractivity (Wildman–Crippen MR) is 66.9 cm³/mol. The van der Waals surface area contributed by atoms with E-state index in [0.717, 1.165) is 5.69 Å². The van der Waals surface area contributed by atoms with Crippen molar-refractivity contribution in [3.63, 3.8) is 0 Å². The Bertz CT molecular complexity index is 369. The number of hydrogen-bond acceptors (Lipinski definition) is 3.